The molecule has 154 valence electrons. The van der Waals surface area contributed by atoms with Gasteiger partial charge in [0, 0.05) is 18.1 Å². The fourth-order valence-electron chi connectivity index (χ4n) is 2.53. The highest BCUT2D eigenvalue weighted by molar-refractivity contribution is 14.0. The lowest BCUT2D eigenvalue weighted by atomic mass is 10.2. The number of nitrogens with zero attached hydrogens (tertiary/aromatic N) is 1. The molecule has 0 bridgehead atoms. The highest BCUT2D eigenvalue weighted by atomic mass is 127. The predicted molar refractivity (Wildman–Crippen MR) is 128 cm³/mol. The molecule has 0 unspecified atom stereocenters. The summed E-state index contributed by atoms with van der Waals surface area (Å²) in [6, 6.07) is 16.8. The Morgan fingerprint density at radius 3 is 2.39 bits per heavy atom. The van der Waals surface area contributed by atoms with Crippen LogP contribution in [0.15, 0.2) is 59.6 Å². The van der Waals surface area contributed by atoms with Gasteiger partial charge in [-0.15, -0.1) is 24.0 Å². The van der Waals surface area contributed by atoms with Crippen LogP contribution in [0, 0.1) is 0 Å². The second kappa shape index (κ2) is 13.0. The quantitative estimate of drug-likeness (QED) is 0.220. The lowest BCUT2D eigenvalue weighted by Gasteiger charge is -2.12. The smallest absolute Gasteiger partial charge is 0.191 e. The average Bonchev–Trinajstić information content (AvgIpc) is 2.64. The molecule has 8 heteroatoms. The number of rotatable bonds is 9. The summed E-state index contributed by atoms with van der Waals surface area (Å²) in [5.74, 6) is 0.866. The third kappa shape index (κ3) is 9.25. The number of hydrogen-bond donors (Lipinski definition) is 2. The molecule has 2 aromatic carbocycles. The van der Waals surface area contributed by atoms with Gasteiger partial charge in [0.15, 0.2) is 15.8 Å². The first-order chi connectivity index (χ1) is 13.0. The van der Waals surface area contributed by atoms with Gasteiger partial charge < -0.3 is 10.6 Å². The third-order valence-corrected chi connectivity index (χ3v) is 5.92. The molecule has 0 amide bonds. The SMILES string of the molecule is CCNC(=NCc1ccccc1Cl)NCCCS(=O)(=O)Cc1ccccc1.I. The number of guanidine groups is 1. The molecule has 0 saturated carbocycles. The number of hydrogen-bond acceptors (Lipinski definition) is 3. The first-order valence-electron chi connectivity index (χ1n) is 9.00. The van der Waals surface area contributed by atoms with Crippen LogP contribution in [0.2, 0.25) is 5.02 Å². The minimum absolute atomic E-state index is 0. The van der Waals surface area contributed by atoms with E-state index in [0.29, 0.717) is 30.5 Å². The summed E-state index contributed by atoms with van der Waals surface area (Å²) in [5, 5.41) is 7.02. The Kier molecular flexibility index (Phi) is 11.5. The van der Waals surface area contributed by atoms with E-state index in [4.69, 9.17) is 11.6 Å². The van der Waals surface area contributed by atoms with Gasteiger partial charge in [-0.25, -0.2) is 13.4 Å². The van der Waals surface area contributed by atoms with Crippen LogP contribution in [0.4, 0.5) is 0 Å². The Morgan fingerprint density at radius 2 is 1.71 bits per heavy atom. The molecule has 0 aliphatic heterocycles. The van der Waals surface area contributed by atoms with E-state index in [-0.39, 0.29) is 35.5 Å². The summed E-state index contributed by atoms with van der Waals surface area (Å²) >= 11 is 6.15. The van der Waals surface area contributed by atoms with E-state index < -0.39 is 9.84 Å². The van der Waals surface area contributed by atoms with Gasteiger partial charge in [0.1, 0.15) is 0 Å². The zero-order valence-electron chi connectivity index (χ0n) is 15.9. The van der Waals surface area contributed by atoms with E-state index >= 15 is 0 Å². The number of sulfone groups is 1. The van der Waals surface area contributed by atoms with Crippen molar-refractivity contribution in [1.82, 2.24) is 10.6 Å². The van der Waals surface area contributed by atoms with Crippen LogP contribution in [0.25, 0.3) is 0 Å². The Bertz CT molecular complexity index is 846. The first-order valence-corrected chi connectivity index (χ1v) is 11.2. The monoisotopic (exact) mass is 535 g/mol. The van der Waals surface area contributed by atoms with Crippen molar-refractivity contribution in [3.8, 4) is 0 Å². The lowest BCUT2D eigenvalue weighted by molar-refractivity contribution is 0.591. The van der Waals surface area contributed by atoms with Gasteiger partial charge >= 0.3 is 0 Å². The standard InChI is InChI=1S/C20H26ClN3O2S.HI/c1-2-22-20(24-15-18-11-6-7-12-19(18)21)23-13-8-14-27(25,26)16-17-9-4-3-5-10-17;/h3-7,9-12H,2,8,13-16H2,1H3,(H2,22,23,24);1H. The van der Waals surface area contributed by atoms with E-state index in [2.05, 4.69) is 15.6 Å². The Balaban J connectivity index is 0.00000392. The number of aliphatic imine (C=N–C) groups is 1. The molecule has 0 aliphatic rings. The lowest BCUT2D eigenvalue weighted by Crippen LogP contribution is -2.38. The van der Waals surface area contributed by atoms with Crippen molar-refractivity contribution in [2.24, 2.45) is 4.99 Å². The summed E-state index contributed by atoms with van der Waals surface area (Å²) in [5.41, 5.74) is 1.77. The van der Waals surface area contributed by atoms with Gasteiger partial charge in [0.2, 0.25) is 0 Å². The van der Waals surface area contributed by atoms with Crippen LogP contribution in [-0.2, 0) is 22.1 Å². The molecule has 0 aromatic heterocycles. The van der Waals surface area contributed by atoms with Crippen molar-refractivity contribution >= 4 is 51.4 Å². The maximum Gasteiger partial charge on any atom is 0.191 e. The molecule has 0 atom stereocenters. The van der Waals surface area contributed by atoms with E-state index in [1.807, 2.05) is 61.5 Å². The predicted octanol–water partition coefficient (Wildman–Crippen LogP) is 4.02. The van der Waals surface area contributed by atoms with Crippen LogP contribution in [0.1, 0.15) is 24.5 Å². The van der Waals surface area contributed by atoms with Crippen molar-refractivity contribution in [3.05, 3.63) is 70.7 Å². The fourth-order valence-corrected chi connectivity index (χ4v) is 4.16. The van der Waals surface area contributed by atoms with Gasteiger partial charge in [0.05, 0.1) is 18.1 Å². The average molecular weight is 536 g/mol. The third-order valence-electron chi connectivity index (χ3n) is 3.86. The van der Waals surface area contributed by atoms with Crippen LogP contribution in [0.5, 0.6) is 0 Å². The molecule has 0 aliphatic carbocycles. The maximum atomic E-state index is 12.2. The van der Waals surface area contributed by atoms with Crippen LogP contribution in [0.3, 0.4) is 0 Å². The Morgan fingerprint density at radius 1 is 1.04 bits per heavy atom. The molecule has 0 heterocycles. The zero-order chi connectivity index (χ0) is 19.5. The topological polar surface area (TPSA) is 70.6 Å². The molecule has 2 N–H and O–H groups in total. The van der Waals surface area contributed by atoms with Crippen molar-refractivity contribution < 1.29 is 8.42 Å². The Hall–Kier alpha value is -1.32. The Labute approximate surface area is 189 Å². The minimum atomic E-state index is -3.12. The molecular weight excluding hydrogens is 509 g/mol. The van der Waals surface area contributed by atoms with E-state index in [1.165, 1.54) is 0 Å². The van der Waals surface area contributed by atoms with E-state index in [9.17, 15) is 8.42 Å². The molecule has 0 saturated heterocycles. The van der Waals surface area contributed by atoms with E-state index in [1.54, 1.807) is 0 Å². The summed E-state index contributed by atoms with van der Waals surface area (Å²) in [6.07, 6.45) is 0.520. The van der Waals surface area contributed by atoms with Gasteiger partial charge in [0.25, 0.3) is 0 Å². The van der Waals surface area contributed by atoms with Gasteiger partial charge in [-0.05, 0) is 30.5 Å². The molecule has 0 spiro atoms. The summed E-state index contributed by atoms with van der Waals surface area (Å²) in [7, 11) is -3.12. The van der Waals surface area contributed by atoms with Gasteiger partial charge in [-0.3, -0.25) is 0 Å². The molecular formula is C20H27ClIN3O2S. The molecule has 0 radical (unpaired) electrons. The highest BCUT2D eigenvalue weighted by Crippen LogP contribution is 2.15. The van der Waals surface area contributed by atoms with Crippen LogP contribution in [-0.4, -0.2) is 33.2 Å². The summed E-state index contributed by atoms with van der Waals surface area (Å²) in [6.45, 7) is 3.70. The van der Waals surface area contributed by atoms with Crippen molar-refractivity contribution in [2.45, 2.75) is 25.6 Å². The molecule has 28 heavy (non-hydrogen) atoms. The largest absolute Gasteiger partial charge is 0.357 e. The van der Waals surface area contributed by atoms with Gasteiger partial charge in [-0.2, -0.15) is 0 Å². The van der Waals surface area contributed by atoms with Gasteiger partial charge in [-0.1, -0.05) is 60.1 Å². The zero-order valence-corrected chi connectivity index (χ0v) is 19.8. The molecule has 2 aromatic rings. The number of benzene rings is 2. The normalized spacial score (nSPS) is 11.6. The van der Waals surface area contributed by atoms with E-state index in [0.717, 1.165) is 17.7 Å². The number of halogens is 2. The second-order valence-corrected chi connectivity index (χ2v) is 8.74. The molecule has 0 fully saturated rings. The van der Waals surface area contributed by atoms with Crippen LogP contribution >= 0.6 is 35.6 Å². The molecule has 2 rings (SSSR count). The summed E-state index contributed by atoms with van der Waals surface area (Å²) in [4.78, 5) is 4.51. The first kappa shape index (κ1) is 24.7. The second-order valence-electron chi connectivity index (χ2n) is 6.14. The number of nitrogens with one attached hydrogen (secondary N) is 2. The molecule has 5 nitrogen and oxygen atoms in total. The summed E-state index contributed by atoms with van der Waals surface area (Å²) < 4.78 is 24.5. The van der Waals surface area contributed by atoms with Crippen molar-refractivity contribution in [3.63, 3.8) is 0 Å². The maximum absolute atomic E-state index is 12.2. The van der Waals surface area contributed by atoms with Crippen molar-refractivity contribution in [2.75, 3.05) is 18.8 Å². The highest BCUT2D eigenvalue weighted by Gasteiger charge is 2.11. The fraction of sp³-hybridized carbons (Fsp3) is 0.350. The minimum Gasteiger partial charge on any atom is -0.357 e. The van der Waals surface area contributed by atoms with Crippen molar-refractivity contribution in [1.29, 1.82) is 0 Å². The van der Waals surface area contributed by atoms with Crippen LogP contribution < -0.4 is 10.6 Å².